The van der Waals surface area contributed by atoms with Crippen LogP contribution in [0.5, 0.6) is 0 Å². The summed E-state index contributed by atoms with van der Waals surface area (Å²) in [5.74, 6) is -0.814. The highest BCUT2D eigenvalue weighted by molar-refractivity contribution is 6.03. The number of piperazine rings is 1. The van der Waals surface area contributed by atoms with Crippen LogP contribution >= 0.6 is 0 Å². The molecule has 110 valence electrons. The second-order valence-corrected chi connectivity index (χ2v) is 5.27. The molecule has 0 aliphatic carbocycles. The Labute approximate surface area is 124 Å². The largest absolute Gasteiger partial charge is 0.353 e. The van der Waals surface area contributed by atoms with Crippen molar-refractivity contribution in [2.45, 2.75) is 20.3 Å². The van der Waals surface area contributed by atoms with Crippen molar-refractivity contribution in [3.8, 4) is 6.07 Å². The number of nitrogens with zero attached hydrogens (tertiary/aromatic N) is 3. The van der Waals surface area contributed by atoms with Gasteiger partial charge in [-0.1, -0.05) is 25.1 Å². The molecule has 1 aliphatic rings. The third kappa shape index (κ3) is 3.22. The molecule has 1 atom stereocenters. The van der Waals surface area contributed by atoms with Crippen LogP contribution in [0.4, 0.5) is 5.69 Å². The highest BCUT2D eigenvalue weighted by Gasteiger charge is 2.32. The smallest absolute Gasteiger partial charge is 0.248 e. The molecule has 0 spiro atoms. The fourth-order valence-corrected chi connectivity index (χ4v) is 2.50. The molecule has 5 heteroatoms. The topological polar surface area (TPSA) is 64.4 Å². The van der Waals surface area contributed by atoms with Crippen molar-refractivity contribution in [1.29, 1.82) is 5.26 Å². The molecule has 0 saturated carbocycles. The summed E-state index contributed by atoms with van der Waals surface area (Å²) in [7, 11) is 0. The Morgan fingerprint density at radius 2 is 1.86 bits per heavy atom. The van der Waals surface area contributed by atoms with Crippen LogP contribution < -0.4 is 4.90 Å². The van der Waals surface area contributed by atoms with Crippen LogP contribution in [-0.4, -0.2) is 36.3 Å². The number of nitriles is 1. The number of rotatable bonds is 4. The van der Waals surface area contributed by atoms with Gasteiger partial charge in [-0.25, -0.2) is 0 Å². The molecule has 0 radical (unpaired) electrons. The van der Waals surface area contributed by atoms with Crippen LogP contribution in [0.15, 0.2) is 24.3 Å². The third-order valence-electron chi connectivity index (χ3n) is 3.64. The second kappa shape index (κ2) is 6.40. The number of amides is 2. The highest BCUT2D eigenvalue weighted by Crippen LogP contribution is 2.23. The summed E-state index contributed by atoms with van der Waals surface area (Å²) in [6.45, 7) is 4.30. The zero-order valence-corrected chi connectivity index (χ0v) is 12.4. The van der Waals surface area contributed by atoms with Crippen LogP contribution in [0, 0.1) is 17.2 Å². The van der Waals surface area contributed by atoms with Gasteiger partial charge in [0.1, 0.15) is 0 Å². The lowest BCUT2D eigenvalue weighted by atomic mass is 10.1. The number of anilines is 1. The van der Waals surface area contributed by atoms with E-state index in [4.69, 9.17) is 5.26 Å². The molecule has 0 N–H and O–H groups in total. The first kappa shape index (κ1) is 15.0. The third-order valence-corrected chi connectivity index (χ3v) is 3.64. The quantitative estimate of drug-likeness (QED) is 0.788. The Bertz CT molecular complexity index is 573. The van der Waals surface area contributed by atoms with E-state index in [-0.39, 0.29) is 37.4 Å². The highest BCUT2D eigenvalue weighted by atomic mass is 16.2. The summed E-state index contributed by atoms with van der Waals surface area (Å²) in [6, 6.07) is 9.87. The lowest BCUT2D eigenvalue weighted by molar-refractivity contribution is -0.145. The lowest BCUT2D eigenvalue weighted by Crippen LogP contribution is -2.55. The maximum atomic E-state index is 12.2. The maximum Gasteiger partial charge on any atom is 0.248 e. The van der Waals surface area contributed by atoms with Crippen molar-refractivity contribution in [3.63, 3.8) is 0 Å². The number of imide groups is 1. The minimum Gasteiger partial charge on any atom is -0.353 e. The number of hydrogen-bond acceptors (Lipinski definition) is 4. The fraction of sp³-hybridized carbons (Fsp3) is 0.438. The van der Waals surface area contributed by atoms with E-state index < -0.39 is 0 Å². The van der Waals surface area contributed by atoms with E-state index in [1.165, 1.54) is 4.90 Å². The predicted molar refractivity (Wildman–Crippen MR) is 79.5 cm³/mol. The van der Waals surface area contributed by atoms with Crippen molar-refractivity contribution in [1.82, 2.24) is 4.90 Å². The lowest BCUT2D eigenvalue weighted by Gasteiger charge is -2.35. The van der Waals surface area contributed by atoms with Crippen molar-refractivity contribution in [3.05, 3.63) is 29.8 Å². The van der Waals surface area contributed by atoms with Crippen molar-refractivity contribution in [2.24, 2.45) is 5.92 Å². The number of benzene rings is 1. The average molecular weight is 285 g/mol. The first-order valence-electron chi connectivity index (χ1n) is 7.12. The molecule has 1 aliphatic heterocycles. The zero-order valence-electron chi connectivity index (χ0n) is 12.4. The number of para-hydroxylation sites is 1. The predicted octanol–water partition coefficient (Wildman–Crippen LogP) is 1.58. The summed E-state index contributed by atoms with van der Waals surface area (Å²) < 4.78 is 0. The molecule has 5 nitrogen and oxygen atoms in total. The van der Waals surface area contributed by atoms with Crippen molar-refractivity contribution >= 4 is 17.5 Å². The summed E-state index contributed by atoms with van der Waals surface area (Å²) >= 11 is 0. The molecule has 2 amide bonds. The van der Waals surface area contributed by atoms with Gasteiger partial charge in [0.2, 0.25) is 11.8 Å². The van der Waals surface area contributed by atoms with E-state index in [1.54, 1.807) is 6.92 Å². The minimum atomic E-state index is -0.340. The summed E-state index contributed by atoms with van der Waals surface area (Å²) in [4.78, 5) is 27.4. The van der Waals surface area contributed by atoms with E-state index in [0.29, 0.717) is 0 Å². The number of carbonyl (C=O) groups is 2. The van der Waals surface area contributed by atoms with Crippen LogP contribution in [0.2, 0.25) is 0 Å². The molecule has 1 saturated heterocycles. The monoisotopic (exact) mass is 285 g/mol. The average Bonchev–Trinajstić information content (AvgIpc) is 2.50. The SMILES string of the molecule is CCc1ccccc1N1CC(=O)N(CC(C)C#N)C(=O)C1. The second-order valence-electron chi connectivity index (χ2n) is 5.27. The Balaban J connectivity index is 2.17. The van der Waals surface area contributed by atoms with Gasteiger partial charge < -0.3 is 4.90 Å². The Kier molecular flexibility index (Phi) is 4.59. The molecule has 21 heavy (non-hydrogen) atoms. The van der Waals surface area contributed by atoms with Crippen LogP contribution in [0.3, 0.4) is 0 Å². The normalized spacial score (nSPS) is 16.8. The molecule has 0 aromatic heterocycles. The Morgan fingerprint density at radius 3 is 2.43 bits per heavy atom. The van der Waals surface area contributed by atoms with Crippen LogP contribution in [0.25, 0.3) is 0 Å². The molecular weight excluding hydrogens is 266 g/mol. The first-order valence-corrected chi connectivity index (χ1v) is 7.12. The van der Waals surface area contributed by atoms with Gasteiger partial charge in [0.15, 0.2) is 0 Å². The minimum absolute atomic E-state index is 0.178. The Morgan fingerprint density at radius 1 is 1.24 bits per heavy atom. The van der Waals surface area contributed by atoms with Gasteiger partial charge in [0.25, 0.3) is 0 Å². The maximum absolute atomic E-state index is 12.2. The van der Waals surface area contributed by atoms with Gasteiger partial charge in [0.05, 0.1) is 25.1 Å². The summed E-state index contributed by atoms with van der Waals surface area (Å²) in [6.07, 6.45) is 0.851. The summed E-state index contributed by atoms with van der Waals surface area (Å²) in [5.41, 5.74) is 2.06. The van der Waals surface area contributed by atoms with Gasteiger partial charge >= 0.3 is 0 Å². The van der Waals surface area contributed by atoms with Gasteiger partial charge in [-0.3, -0.25) is 14.5 Å². The summed E-state index contributed by atoms with van der Waals surface area (Å²) in [5, 5.41) is 8.83. The Hall–Kier alpha value is -2.35. The van der Waals surface area contributed by atoms with Crippen LogP contribution in [0.1, 0.15) is 19.4 Å². The van der Waals surface area contributed by atoms with E-state index in [0.717, 1.165) is 17.7 Å². The number of hydrogen-bond donors (Lipinski definition) is 0. The molecule has 1 unspecified atom stereocenters. The van der Waals surface area contributed by atoms with Crippen molar-refractivity contribution in [2.75, 3.05) is 24.5 Å². The van der Waals surface area contributed by atoms with Gasteiger partial charge in [-0.15, -0.1) is 0 Å². The van der Waals surface area contributed by atoms with E-state index in [1.807, 2.05) is 36.1 Å². The molecule has 1 aromatic carbocycles. The van der Waals surface area contributed by atoms with Gasteiger partial charge in [-0.2, -0.15) is 5.26 Å². The molecule has 2 rings (SSSR count). The van der Waals surface area contributed by atoms with E-state index >= 15 is 0 Å². The number of aryl methyl sites for hydroxylation is 1. The first-order chi connectivity index (χ1) is 10.1. The molecule has 1 aromatic rings. The van der Waals surface area contributed by atoms with Gasteiger partial charge in [0, 0.05) is 12.2 Å². The van der Waals surface area contributed by atoms with Gasteiger partial charge in [-0.05, 0) is 25.0 Å². The van der Waals surface area contributed by atoms with E-state index in [9.17, 15) is 9.59 Å². The molecular formula is C16H19N3O2. The molecule has 1 heterocycles. The number of carbonyl (C=O) groups excluding carboxylic acids is 2. The van der Waals surface area contributed by atoms with Crippen molar-refractivity contribution < 1.29 is 9.59 Å². The fourth-order valence-electron chi connectivity index (χ4n) is 2.50. The molecule has 0 bridgehead atoms. The van der Waals surface area contributed by atoms with Crippen LogP contribution in [-0.2, 0) is 16.0 Å². The molecule has 1 fully saturated rings. The standard InChI is InChI=1S/C16H19N3O2/c1-3-13-6-4-5-7-14(13)18-10-15(20)19(16(21)11-18)9-12(2)8-17/h4-7,12H,3,9-11H2,1-2H3. The zero-order chi connectivity index (χ0) is 15.4. The van der Waals surface area contributed by atoms with E-state index in [2.05, 4.69) is 6.07 Å².